The minimum absolute atomic E-state index is 0.337. The summed E-state index contributed by atoms with van der Waals surface area (Å²) < 4.78 is 38.3. The first-order valence-electron chi connectivity index (χ1n) is 8.40. The number of halogens is 3. The third-order valence-corrected chi connectivity index (χ3v) is 4.67. The van der Waals surface area contributed by atoms with Crippen LogP contribution in [0.15, 0.2) is 66.0 Å². The fraction of sp³-hybridized carbons (Fsp3) is 0.150. The van der Waals surface area contributed by atoms with Gasteiger partial charge in [0, 0.05) is 17.6 Å². The lowest BCUT2D eigenvalue weighted by atomic mass is 10.2. The maximum atomic E-state index is 12.8. The second-order valence-corrected chi connectivity index (χ2v) is 6.84. The van der Waals surface area contributed by atoms with Gasteiger partial charge in [0.25, 0.3) is 0 Å². The van der Waals surface area contributed by atoms with Crippen LogP contribution in [-0.2, 0) is 11.9 Å². The van der Waals surface area contributed by atoms with E-state index < -0.39 is 11.7 Å². The van der Waals surface area contributed by atoms with Gasteiger partial charge in [-0.3, -0.25) is 0 Å². The van der Waals surface area contributed by atoms with Gasteiger partial charge in [-0.25, -0.2) is 4.98 Å². The molecule has 1 N–H and O–H groups in total. The first kappa shape index (κ1) is 19.9. The molecule has 0 spiro atoms. The van der Waals surface area contributed by atoms with E-state index in [1.54, 1.807) is 19.1 Å². The van der Waals surface area contributed by atoms with Crippen molar-refractivity contribution in [2.24, 2.45) is 0 Å². The van der Waals surface area contributed by atoms with E-state index in [4.69, 9.17) is 0 Å². The lowest BCUT2D eigenvalue weighted by Crippen LogP contribution is -2.05. The minimum Gasteiger partial charge on any atom is -0.362 e. The van der Waals surface area contributed by atoms with E-state index in [2.05, 4.69) is 20.5 Å². The zero-order chi connectivity index (χ0) is 20.0. The van der Waals surface area contributed by atoms with Gasteiger partial charge in [0.15, 0.2) is 0 Å². The first-order valence-corrected chi connectivity index (χ1v) is 9.39. The van der Waals surface area contributed by atoms with Gasteiger partial charge in [0.1, 0.15) is 0 Å². The highest BCUT2D eigenvalue weighted by Gasteiger charge is 2.30. The van der Waals surface area contributed by atoms with E-state index in [1.807, 2.05) is 30.3 Å². The van der Waals surface area contributed by atoms with Crippen LogP contribution in [0, 0.1) is 6.92 Å². The van der Waals surface area contributed by atoms with Crippen LogP contribution in [0.3, 0.4) is 0 Å². The number of nitrogens with one attached hydrogen (secondary N) is 1. The molecule has 3 rings (SSSR count). The lowest BCUT2D eigenvalue weighted by Gasteiger charge is -2.08. The van der Waals surface area contributed by atoms with Crippen LogP contribution in [-0.4, -0.2) is 15.2 Å². The Balaban J connectivity index is 1.66. The van der Waals surface area contributed by atoms with Crippen molar-refractivity contribution in [1.29, 1.82) is 0 Å². The SMILES string of the molecule is Cc1nnc(SCc2ccccc2)nc1/C=C/Nc1cccc(C(F)(F)F)c1. The van der Waals surface area contributed by atoms with Crippen molar-refractivity contribution in [3.8, 4) is 0 Å². The third kappa shape index (κ3) is 5.56. The molecular weight excluding hydrogens is 385 g/mol. The Morgan fingerprint density at radius 3 is 2.57 bits per heavy atom. The summed E-state index contributed by atoms with van der Waals surface area (Å²) in [6, 6.07) is 14.9. The molecule has 0 amide bonds. The number of hydrogen-bond donors (Lipinski definition) is 1. The molecule has 0 aliphatic heterocycles. The van der Waals surface area contributed by atoms with Gasteiger partial charge in [-0.15, -0.1) is 5.10 Å². The van der Waals surface area contributed by atoms with Gasteiger partial charge >= 0.3 is 6.18 Å². The lowest BCUT2D eigenvalue weighted by molar-refractivity contribution is -0.137. The van der Waals surface area contributed by atoms with Crippen LogP contribution in [0.2, 0.25) is 0 Å². The highest BCUT2D eigenvalue weighted by molar-refractivity contribution is 7.98. The summed E-state index contributed by atoms with van der Waals surface area (Å²) in [5, 5.41) is 11.6. The fourth-order valence-electron chi connectivity index (χ4n) is 2.32. The van der Waals surface area contributed by atoms with Gasteiger partial charge < -0.3 is 5.32 Å². The molecule has 4 nitrogen and oxygen atoms in total. The van der Waals surface area contributed by atoms with Crippen molar-refractivity contribution in [2.75, 3.05) is 5.32 Å². The zero-order valence-corrected chi connectivity index (χ0v) is 15.8. The summed E-state index contributed by atoms with van der Waals surface area (Å²) in [5.74, 6) is 0.719. The molecule has 1 aromatic heterocycles. The van der Waals surface area contributed by atoms with E-state index in [0.717, 1.165) is 23.4 Å². The number of benzene rings is 2. The fourth-order valence-corrected chi connectivity index (χ4v) is 3.07. The number of alkyl halides is 3. The topological polar surface area (TPSA) is 50.7 Å². The van der Waals surface area contributed by atoms with Crippen molar-refractivity contribution >= 4 is 23.5 Å². The molecule has 0 unspecified atom stereocenters. The Labute approximate surface area is 164 Å². The monoisotopic (exact) mass is 402 g/mol. The number of anilines is 1. The Morgan fingerprint density at radius 1 is 1.04 bits per heavy atom. The van der Waals surface area contributed by atoms with Gasteiger partial charge in [-0.05, 0) is 36.8 Å². The van der Waals surface area contributed by atoms with Gasteiger partial charge in [0.05, 0.1) is 17.0 Å². The summed E-state index contributed by atoms with van der Waals surface area (Å²) >= 11 is 1.47. The molecule has 0 bridgehead atoms. The number of nitrogens with zero attached hydrogens (tertiary/aromatic N) is 3. The van der Waals surface area contributed by atoms with Crippen LogP contribution >= 0.6 is 11.8 Å². The maximum absolute atomic E-state index is 12.8. The van der Waals surface area contributed by atoms with Crippen molar-refractivity contribution in [3.05, 3.63) is 83.3 Å². The molecular formula is C20H17F3N4S. The molecule has 1 heterocycles. The second kappa shape index (κ2) is 8.88. The molecule has 0 fully saturated rings. The third-order valence-electron chi connectivity index (χ3n) is 3.76. The standard InChI is InChI=1S/C20H17F3N4S/c1-14-18(10-11-24-17-9-5-8-16(12-17)20(21,22)23)25-19(27-26-14)28-13-15-6-3-2-4-7-15/h2-12,24H,13H2,1H3/b11-10+. The molecule has 0 atom stereocenters. The highest BCUT2D eigenvalue weighted by atomic mass is 32.2. The number of aromatic nitrogens is 3. The zero-order valence-electron chi connectivity index (χ0n) is 14.9. The highest BCUT2D eigenvalue weighted by Crippen LogP contribution is 2.30. The molecule has 0 aliphatic carbocycles. The average Bonchev–Trinajstić information content (AvgIpc) is 2.69. The molecule has 144 valence electrons. The van der Waals surface area contributed by atoms with Crippen LogP contribution in [0.1, 0.15) is 22.5 Å². The van der Waals surface area contributed by atoms with E-state index in [0.29, 0.717) is 22.2 Å². The molecule has 0 saturated heterocycles. The van der Waals surface area contributed by atoms with Crippen LogP contribution < -0.4 is 5.32 Å². The van der Waals surface area contributed by atoms with Crippen LogP contribution in [0.5, 0.6) is 0 Å². The van der Waals surface area contributed by atoms with Gasteiger partial charge in [-0.1, -0.05) is 48.2 Å². The summed E-state index contributed by atoms with van der Waals surface area (Å²) in [4.78, 5) is 4.46. The van der Waals surface area contributed by atoms with Gasteiger partial charge in [-0.2, -0.15) is 18.3 Å². The Kier molecular flexibility index (Phi) is 6.30. The first-order chi connectivity index (χ1) is 13.4. The molecule has 0 saturated carbocycles. The molecule has 0 radical (unpaired) electrons. The number of aryl methyl sites for hydroxylation is 1. The Hall–Kier alpha value is -2.87. The molecule has 3 aromatic rings. The molecule has 2 aromatic carbocycles. The molecule has 8 heteroatoms. The van der Waals surface area contributed by atoms with Crippen molar-refractivity contribution < 1.29 is 13.2 Å². The smallest absolute Gasteiger partial charge is 0.362 e. The number of thioether (sulfide) groups is 1. The quantitative estimate of drug-likeness (QED) is 0.546. The van der Waals surface area contributed by atoms with Crippen LogP contribution in [0.25, 0.3) is 6.08 Å². The van der Waals surface area contributed by atoms with Crippen LogP contribution in [0.4, 0.5) is 18.9 Å². The second-order valence-electron chi connectivity index (χ2n) is 5.90. The number of hydrogen-bond acceptors (Lipinski definition) is 5. The summed E-state index contributed by atoms with van der Waals surface area (Å²) in [5.41, 5.74) is 2.02. The summed E-state index contributed by atoms with van der Waals surface area (Å²) in [7, 11) is 0. The van der Waals surface area contributed by atoms with Gasteiger partial charge in [0.2, 0.25) is 5.16 Å². The van der Waals surface area contributed by atoms with Crippen molar-refractivity contribution in [1.82, 2.24) is 15.2 Å². The summed E-state index contributed by atoms with van der Waals surface area (Å²) in [6.07, 6.45) is -1.17. The van der Waals surface area contributed by atoms with E-state index in [9.17, 15) is 13.2 Å². The molecule has 0 aliphatic rings. The normalized spacial score (nSPS) is 11.7. The van der Waals surface area contributed by atoms with E-state index in [1.165, 1.54) is 24.0 Å². The minimum atomic E-state index is -4.38. The summed E-state index contributed by atoms with van der Waals surface area (Å²) in [6.45, 7) is 1.77. The van der Waals surface area contributed by atoms with E-state index in [-0.39, 0.29) is 0 Å². The predicted molar refractivity (Wildman–Crippen MR) is 105 cm³/mol. The van der Waals surface area contributed by atoms with E-state index >= 15 is 0 Å². The maximum Gasteiger partial charge on any atom is 0.416 e. The number of rotatable bonds is 6. The Bertz CT molecular complexity index is 959. The van der Waals surface area contributed by atoms with Crippen molar-refractivity contribution in [3.63, 3.8) is 0 Å². The molecule has 28 heavy (non-hydrogen) atoms. The Morgan fingerprint density at radius 2 is 1.82 bits per heavy atom. The van der Waals surface area contributed by atoms with Crippen molar-refractivity contribution in [2.45, 2.75) is 24.0 Å². The largest absolute Gasteiger partial charge is 0.416 e. The predicted octanol–water partition coefficient (Wildman–Crippen LogP) is 5.57. The average molecular weight is 402 g/mol.